The van der Waals surface area contributed by atoms with Crippen molar-refractivity contribution in [2.75, 3.05) is 0 Å². The minimum atomic E-state index is 0.802. The first-order chi connectivity index (χ1) is 5.25. The lowest BCUT2D eigenvalue weighted by molar-refractivity contribution is 0.789. The van der Waals surface area contributed by atoms with E-state index in [1.165, 1.54) is 11.2 Å². The van der Waals surface area contributed by atoms with E-state index >= 15 is 0 Å². The van der Waals surface area contributed by atoms with Gasteiger partial charge in [0, 0.05) is 17.8 Å². The van der Waals surface area contributed by atoms with Gasteiger partial charge >= 0.3 is 0 Å². The van der Waals surface area contributed by atoms with Crippen LogP contribution < -0.4 is 0 Å². The van der Waals surface area contributed by atoms with E-state index in [1.54, 1.807) is 0 Å². The molecule has 0 fully saturated rings. The number of halogens is 1. The van der Waals surface area contributed by atoms with Crippen molar-refractivity contribution in [1.82, 2.24) is 9.55 Å². The Morgan fingerprint density at radius 2 is 2.36 bits per heavy atom. The van der Waals surface area contributed by atoms with Crippen molar-refractivity contribution in [3.8, 4) is 0 Å². The fourth-order valence-corrected chi connectivity index (χ4v) is 0.961. The van der Waals surface area contributed by atoms with Crippen molar-refractivity contribution < 1.29 is 0 Å². The van der Waals surface area contributed by atoms with Crippen LogP contribution in [-0.4, -0.2) is 9.55 Å². The van der Waals surface area contributed by atoms with E-state index in [2.05, 4.69) is 4.98 Å². The zero-order valence-corrected chi connectivity index (χ0v) is 7.47. The highest BCUT2D eigenvalue weighted by Gasteiger charge is 1.98. The molecule has 0 aliphatic heterocycles. The Kier molecular flexibility index (Phi) is 2.71. The molecule has 0 atom stereocenters. The van der Waals surface area contributed by atoms with E-state index in [0.717, 1.165) is 12.2 Å². The second-order valence-electron chi connectivity index (χ2n) is 2.43. The van der Waals surface area contributed by atoms with Crippen LogP contribution >= 0.6 is 11.6 Å². The Hall–Kier alpha value is -0.760. The summed E-state index contributed by atoms with van der Waals surface area (Å²) < 4.78 is 2.05. The van der Waals surface area contributed by atoms with Gasteiger partial charge in [-0.25, -0.2) is 4.98 Å². The van der Waals surface area contributed by atoms with Gasteiger partial charge in [0.2, 0.25) is 0 Å². The van der Waals surface area contributed by atoms with Gasteiger partial charge in [-0.3, -0.25) is 0 Å². The average Bonchev–Trinajstić information content (AvgIpc) is 2.31. The van der Waals surface area contributed by atoms with Gasteiger partial charge in [0.05, 0.1) is 12.0 Å². The highest BCUT2D eigenvalue weighted by Crippen LogP contribution is 2.03. The number of hydrogen-bond acceptors (Lipinski definition) is 1. The molecule has 11 heavy (non-hydrogen) atoms. The summed E-state index contributed by atoms with van der Waals surface area (Å²) >= 11 is 5.40. The molecule has 3 heteroatoms. The third-order valence-electron chi connectivity index (χ3n) is 1.74. The maximum atomic E-state index is 5.40. The van der Waals surface area contributed by atoms with Crippen molar-refractivity contribution in [1.29, 1.82) is 0 Å². The smallest absolute Gasteiger partial charge is 0.0954 e. The van der Waals surface area contributed by atoms with Crippen molar-refractivity contribution >= 4 is 11.6 Å². The van der Waals surface area contributed by atoms with Crippen molar-refractivity contribution in [3.05, 3.63) is 29.3 Å². The van der Waals surface area contributed by atoms with Gasteiger partial charge < -0.3 is 4.57 Å². The number of rotatable bonds is 2. The van der Waals surface area contributed by atoms with E-state index < -0.39 is 0 Å². The molecule has 1 rings (SSSR count). The van der Waals surface area contributed by atoms with Gasteiger partial charge in [-0.1, -0.05) is 17.7 Å². The van der Waals surface area contributed by atoms with Crippen LogP contribution in [0.25, 0.3) is 0 Å². The Bertz CT molecular complexity index is 263. The summed E-state index contributed by atoms with van der Waals surface area (Å²) in [5.74, 6) is 0. The van der Waals surface area contributed by atoms with E-state index in [0.29, 0.717) is 0 Å². The van der Waals surface area contributed by atoms with Gasteiger partial charge in [-0.2, -0.15) is 0 Å². The highest BCUT2D eigenvalue weighted by molar-refractivity contribution is 6.25. The molecule has 0 unspecified atom stereocenters. The van der Waals surface area contributed by atoms with Gasteiger partial charge in [0.15, 0.2) is 0 Å². The summed E-state index contributed by atoms with van der Waals surface area (Å²) in [5.41, 5.74) is 3.79. The van der Waals surface area contributed by atoms with Crippen LogP contribution in [0.3, 0.4) is 0 Å². The first kappa shape index (κ1) is 8.34. The standard InChI is InChI=1S/C8H11ClN2/c1-7-8(2)11(6-10-7)5-3-4-9/h3-4,6H,5H2,1-2H3/b4-3+. The molecule has 0 aliphatic carbocycles. The van der Waals surface area contributed by atoms with Gasteiger partial charge in [0.25, 0.3) is 0 Å². The van der Waals surface area contributed by atoms with Crippen molar-refractivity contribution in [3.63, 3.8) is 0 Å². The number of aryl methyl sites for hydroxylation is 1. The maximum Gasteiger partial charge on any atom is 0.0954 e. The topological polar surface area (TPSA) is 17.8 Å². The summed E-state index contributed by atoms with van der Waals surface area (Å²) in [5, 5.41) is 0. The molecule has 0 spiro atoms. The van der Waals surface area contributed by atoms with Crippen LogP contribution in [0, 0.1) is 13.8 Å². The zero-order valence-electron chi connectivity index (χ0n) is 6.71. The minimum absolute atomic E-state index is 0.802. The number of imidazole rings is 1. The van der Waals surface area contributed by atoms with Crippen LogP contribution in [0.5, 0.6) is 0 Å². The lowest BCUT2D eigenvalue weighted by Crippen LogP contribution is -1.95. The van der Waals surface area contributed by atoms with Crippen LogP contribution in [0.4, 0.5) is 0 Å². The van der Waals surface area contributed by atoms with E-state index in [-0.39, 0.29) is 0 Å². The minimum Gasteiger partial charge on any atom is -0.331 e. The SMILES string of the molecule is Cc1ncn(C/C=C/Cl)c1C. The Balaban J connectivity index is 2.78. The first-order valence-electron chi connectivity index (χ1n) is 3.49. The molecule has 0 saturated heterocycles. The summed E-state index contributed by atoms with van der Waals surface area (Å²) in [6.07, 6.45) is 3.71. The third kappa shape index (κ3) is 1.84. The summed E-state index contributed by atoms with van der Waals surface area (Å²) in [6.45, 7) is 4.84. The van der Waals surface area contributed by atoms with Crippen LogP contribution in [0.1, 0.15) is 11.4 Å². The summed E-state index contributed by atoms with van der Waals surface area (Å²) in [7, 11) is 0. The second kappa shape index (κ2) is 3.58. The Morgan fingerprint density at radius 1 is 1.64 bits per heavy atom. The van der Waals surface area contributed by atoms with Crippen LogP contribution in [0.2, 0.25) is 0 Å². The van der Waals surface area contributed by atoms with E-state index in [4.69, 9.17) is 11.6 Å². The molecule has 0 aliphatic rings. The van der Waals surface area contributed by atoms with Gasteiger partial charge in [-0.05, 0) is 13.8 Å². The molecule has 60 valence electrons. The fourth-order valence-electron chi connectivity index (χ4n) is 0.882. The molecule has 1 aromatic heterocycles. The Morgan fingerprint density at radius 3 is 2.82 bits per heavy atom. The molecular formula is C8H11ClN2. The lowest BCUT2D eigenvalue weighted by Gasteiger charge is -1.98. The number of allylic oxidation sites excluding steroid dienone is 1. The molecule has 1 aromatic rings. The Labute approximate surface area is 71.5 Å². The van der Waals surface area contributed by atoms with Crippen molar-refractivity contribution in [2.24, 2.45) is 0 Å². The summed E-state index contributed by atoms with van der Waals surface area (Å²) in [6, 6.07) is 0. The number of nitrogens with zero attached hydrogens (tertiary/aromatic N) is 2. The molecule has 0 aromatic carbocycles. The molecule has 0 N–H and O–H groups in total. The van der Waals surface area contributed by atoms with Crippen LogP contribution in [0.15, 0.2) is 17.9 Å². The van der Waals surface area contributed by atoms with E-state index in [1.807, 2.05) is 30.8 Å². The molecular weight excluding hydrogens is 160 g/mol. The quantitative estimate of drug-likeness (QED) is 0.666. The molecule has 0 radical (unpaired) electrons. The normalized spacial score (nSPS) is 11.2. The molecule has 0 bridgehead atoms. The predicted molar refractivity (Wildman–Crippen MR) is 46.7 cm³/mol. The maximum absolute atomic E-state index is 5.40. The van der Waals surface area contributed by atoms with Crippen LogP contribution in [-0.2, 0) is 6.54 Å². The molecule has 0 amide bonds. The lowest BCUT2D eigenvalue weighted by atomic mass is 10.4. The monoisotopic (exact) mass is 170 g/mol. The van der Waals surface area contributed by atoms with E-state index in [9.17, 15) is 0 Å². The number of hydrogen-bond donors (Lipinski definition) is 0. The third-order valence-corrected chi connectivity index (χ3v) is 1.91. The van der Waals surface area contributed by atoms with Crippen molar-refractivity contribution in [2.45, 2.75) is 20.4 Å². The molecule has 2 nitrogen and oxygen atoms in total. The predicted octanol–water partition coefficient (Wildman–Crippen LogP) is 2.25. The van der Waals surface area contributed by atoms with Gasteiger partial charge in [-0.15, -0.1) is 0 Å². The van der Waals surface area contributed by atoms with Gasteiger partial charge in [0.1, 0.15) is 0 Å². The molecule has 0 saturated carbocycles. The highest BCUT2D eigenvalue weighted by atomic mass is 35.5. The first-order valence-corrected chi connectivity index (χ1v) is 3.93. The average molecular weight is 171 g/mol. The largest absolute Gasteiger partial charge is 0.331 e. The fraction of sp³-hybridized carbons (Fsp3) is 0.375. The second-order valence-corrected chi connectivity index (χ2v) is 2.68. The molecule has 1 heterocycles. The number of aromatic nitrogens is 2. The zero-order chi connectivity index (χ0) is 8.27. The summed E-state index contributed by atoms with van der Waals surface area (Å²) in [4.78, 5) is 4.16.